The number of ether oxygens (including phenoxy) is 2. The Balaban J connectivity index is 1.62. The topological polar surface area (TPSA) is 78.3 Å². The van der Waals surface area contributed by atoms with E-state index < -0.39 is 0 Å². The van der Waals surface area contributed by atoms with E-state index in [1.54, 1.807) is 35.1 Å². The van der Waals surface area contributed by atoms with Crippen molar-refractivity contribution >= 4 is 11.6 Å². The average molecular weight is 350 g/mol. The second kappa shape index (κ2) is 6.51. The molecule has 1 amide bonds. The first-order chi connectivity index (χ1) is 12.6. The van der Waals surface area contributed by atoms with Gasteiger partial charge in [0.15, 0.2) is 23.0 Å². The molecule has 0 atom stereocenters. The van der Waals surface area contributed by atoms with Gasteiger partial charge < -0.3 is 14.8 Å². The number of hydrogen-bond acceptors (Lipinski definition) is 5. The molecule has 0 saturated carbocycles. The molecule has 0 unspecified atom stereocenters. The fraction of sp³-hybridized carbons (Fsp3) is 0.211. The van der Waals surface area contributed by atoms with E-state index >= 15 is 0 Å². The molecular formula is C19H18N4O3. The third-order valence-electron chi connectivity index (χ3n) is 4.06. The molecule has 3 heterocycles. The summed E-state index contributed by atoms with van der Waals surface area (Å²) in [4.78, 5) is 17.0. The summed E-state index contributed by atoms with van der Waals surface area (Å²) in [5.74, 6) is 1.87. The molecule has 4 rings (SSSR count). The highest BCUT2D eigenvalue weighted by molar-refractivity contribution is 6.03. The number of aromatic nitrogens is 3. The summed E-state index contributed by atoms with van der Waals surface area (Å²) >= 11 is 0. The number of hydrogen-bond donors (Lipinski definition) is 1. The van der Waals surface area contributed by atoms with Crippen molar-refractivity contribution in [1.29, 1.82) is 0 Å². The lowest BCUT2D eigenvalue weighted by molar-refractivity contribution is 0.102. The molecule has 1 aliphatic rings. The minimum absolute atomic E-state index is 0.191. The number of nitrogens with zero attached hydrogens (tertiary/aromatic N) is 3. The van der Waals surface area contributed by atoms with Crippen LogP contribution in [0.25, 0.3) is 5.82 Å². The minimum Gasteiger partial charge on any atom is -0.454 e. The van der Waals surface area contributed by atoms with Crippen LogP contribution in [0.3, 0.4) is 0 Å². The summed E-state index contributed by atoms with van der Waals surface area (Å²) < 4.78 is 12.3. The molecule has 132 valence electrons. The SMILES string of the molecule is CC(C)c1cc(C(=O)Nc2ccc3c(c2)OCO3)nn1-c1ccccn1. The maximum absolute atomic E-state index is 12.7. The van der Waals surface area contributed by atoms with Gasteiger partial charge in [-0.15, -0.1) is 0 Å². The van der Waals surface area contributed by atoms with E-state index in [1.165, 1.54) is 0 Å². The Morgan fingerprint density at radius 3 is 2.77 bits per heavy atom. The van der Waals surface area contributed by atoms with Crippen molar-refractivity contribution in [3.63, 3.8) is 0 Å². The van der Waals surface area contributed by atoms with Crippen molar-refractivity contribution in [2.75, 3.05) is 12.1 Å². The number of fused-ring (bicyclic) bond motifs is 1. The van der Waals surface area contributed by atoms with Crippen LogP contribution in [-0.2, 0) is 0 Å². The fourth-order valence-corrected chi connectivity index (χ4v) is 2.75. The second-order valence-electron chi connectivity index (χ2n) is 6.23. The Morgan fingerprint density at radius 2 is 2.00 bits per heavy atom. The van der Waals surface area contributed by atoms with E-state index in [-0.39, 0.29) is 18.6 Å². The van der Waals surface area contributed by atoms with Gasteiger partial charge in [-0.1, -0.05) is 19.9 Å². The lowest BCUT2D eigenvalue weighted by atomic mass is 10.1. The predicted octanol–water partition coefficient (Wildman–Crippen LogP) is 3.37. The summed E-state index contributed by atoms with van der Waals surface area (Å²) in [6, 6.07) is 12.7. The van der Waals surface area contributed by atoms with Crippen molar-refractivity contribution in [2.24, 2.45) is 0 Å². The van der Waals surface area contributed by atoms with Gasteiger partial charge in [-0.2, -0.15) is 5.10 Å². The smallest absolute Gasteiger partial charge is 0.276 e. The first kappa shape index (κ1) is 16.1. The highest BCUT2D eigenvalue weighted by Crippen LogP contribution is 2.34. The number of anilines is 1. The van der Waals surface area contributed by atoms with Gasteiger partial charge in [0.05, 0.1) is 0 Å². The van der Waals surface area contributed by atoms with Gasteiger partial charge in [0.25, 0.3) is 5.91 Å². The highest BCUT2D eigenvalue weighted by atomic mass is 16.7. The molecule has 0 radical (unpaired) electrons. The van der Waals surface area contributed by atoms with Crippen LogP contribution in [0.2, 0.25) is 0 Å². The Kier molecular flexibility index (Phi) is 4.04. The van der Waals surface area contributed by atoms with E-state index in [2.05, 4.69) is 29.2 Å². The number of rotatable bonds is 4. The van der Waals surface area contributed by atoms with Gasteiger partial charge in [0, 0.05) is 23.6 Å². The molecular weight excluding hydrogens is 332 g/mol. The van der Waals surface area contributed by atoms with Crippen LogP contribution in [0, 0.1) is 0 Å². The molecule has 0 fully saturated rings. The third kappa shape index (κ3) is 2.99. The summed E-state index contributed by atoms with van der Waals surface area (Å²) in [6.07, 6.45) is 1.70. The Morgan fingerprint density at radius 1 is 1.15 bits per heavy atom. The monoisotopic (exact) mass is 350 g/mol. The molecule has 2 aromatic heterocycles. The highest BCUT2D eigenvalue weighted by Gasteiger charge is 2.19. The molecule has 7 heteroatoms. The standard InChI is InChI=1S/C19H18N4O3/c1-12(2)15-10-14(22-23(15)18-5-3-4-8-20-18)19(24)21-13-6-7-16-17(9-13)26-11-25-16/h3-10,12H,11H2,1-2H3,(H,21,24). The Bertz CT molecular complexity index is 951. The Labute approximate surface area is 150 Å². The molecule has 0 saturated heterocycles. The molecule has 3 aromatic rings. The second-order valence-corrected chi connectivity index (χ2v) is 6.23. The summed E-state index contributed by atoms with van der Waals surface area (Å²) in [7, 11) is 0. The van der Waals surface area contributed by atoms with E-state index in [1.807, 2.05) is 18.2 Å². The fourth-order valence-electron chi connectivity index (χ4n) is 2.75. The number of carbonyl (C=O) groups is 1. The molecule has 1 aliphatic heterocycles. The van der Waals surface area contributed by atoms with Crippen molar-refractivity contribution in [1.82, 2.24) is 14.8 Å². The number of nitrogens with one attached hydrogen (secondary N) is 1. The van der Waals surface area contributed by atoms with E-state index in [9.17, 15) is 4.79 Å². The predicted molar refractivity (Wildman–Crippen MR) is 96.0 cm³/mol. The van der Waals surface area contributed by atoms with Crippen LogP contribution >= 0.6 is 0 Å². The number of amides is 1. The molecule has 0 aliphatic carbocycles. The van der Waals surface area contributed by atoms with Crippen LogP contribution in [-0.4, -0.2) is 27.5 Å². The summed E-state index contributed by atoms with van der Waals surface area (Å²) in [5, 5.41) is 7.30. The van der Waals surface area contributed by atoms with Gasteiger partial charge in [0.2, 0.25) is 6.79 Å². The zero-order valence-electron chi connectivity index (χ0n) is 14.5. The molecule has 7 nitrogen and oxygen atoms in total. The van der Waals surface area contributed by atoms with Crippen LogP contribution in [0.1, 0.15) is 35.9 Å². The van der Waals surface area contributed by atoms with Crippen molar-refractivity contribution in [3.05, 3.63) is 60.0 Å². The maximum atomic E-state index is 12.7. The lowest BCUT2D eigenvalue weighted by Crippen LogP contribution is -2.13. The van der Waals surface area contributed by atoms with Crippen molar-refractivity contribution in [2.45, 2.75) is 19.8 Å². The van der Waals surface area contributed by atoms with Crippen LogP contribution < -0.4 is 14.8 Å². The van der Waals surface area contributed by atoms with Gasteiger partial charge in [0.1, 0.15) is 0 Å². The molecule has 26 heavy (non-hydrogen) atoms. The number of pyridine rings is 1. The van der Waals surface area contributed by atoms with Gasteiger partial charge in [-0.25, -0.2) is 9.67 Å². The van der Waals surface area contributed by atoms with Crippen molar-refractivity contribution < 1.29 is 14.3 Å². The first-order valence-electron chi connectivity index (χ1n) is 8.34. The van der Waals surface area contributed by atoms with Crippen LogP contribution in [0.15, 0.2) is 48.7 Å². The molecule has 1 aromatic carbocycles. The maximum Gasteiger partial charge on any atom is 0.276 e. The summed E-state index contributed by atoms with van der Waals surface area (Å²) in [6.45, 7) is 4.30. The van der Waals surface area contributed by atoms with Gasteiger partial charge in [-0.3, -0.25) is 4.79 Å². The Hall–Kier alpha value is -3.35. The zero-order valence-corrected chi connectivity index (χ0v) is 14.5. The largest absolute Gasteiger partial charge is 0.454 e. The normalized spacial score (nSPS) is 12.4. The van der Waals surface area contributed by atoms with Crippen LogP contribution in [0.5, 0.6) is 11.5 Å². The quantitative estimate of drug-likeness (QED) is 0.780. The van der Waals surface area contributed by atoms with E-state index in [0.29, 0.717) is 28.7 Å². The zero-order chi connectivity index (χ0) is 18.1. The van der Waals surface area contributed by atoms with E-state index in [4.69, 9.17) is 9.47 Å². The minimum atomic E-state index is -0.291. The van der Waals surface area contributed by atoms with E-state index in [0.717, 1.165) is 5.69 Å². The third-order valence-corrected chi connectivity index (χ3v) is 4.06. The average Bonchev–Trinajstić information content (AvgIpc) is 3.29. The van der Waals surface area contributed by atoms with Gasteiger partial charge >= 0.3 is 0 Å². The number of benzene rings is 1. The van der Waals surface area contributed by atoms with Gasteiger partial charge in [-0.05, 0) is 36.2 Å². The summed E-state index contributed by atoms with van der Waals surface area (Å²) in [5.41, 5.74) is 1.87. The van der Waals surface area contributed by atoms with Crippen LogP contribution in [0.4, 0.5) is 5.69 Å². The van der Waals surface area contributed by atoms with Crippen molar-refractivity contribution in [3.8, 4) is 17.3 Å². The molecule has 0 spiro atoms. The lowest BCUT2D eigenvalue weighted by Gasteiger charge is -2.08. The number of carbonyl (C=O) groups excluding carboxylic acids is 1. The first-order valence-corrected chi connectivity index (χ1v) is 8.34. The molecule has 1 N–H and O–H groups in total. The molecule has 0 bridgehead atoms.